The number of unbranched alkanes of at least 4 members (excludes halogenated alkanes) is 7. The van der Waals surface area contributed by atoms with E-state index in [1.54, 1.807) is 12.1 Å². The van der Waals surface area contributed by atoms with Crippen molar-refractivity contribution in [2.24, 2.45) is 0 Å². The van der Waals surface area contributed by atoms with Gasteiger partial charge >= 0.3 is 0 Å². The van der Waals surface area contributed by atoms with Crippen molar-refractivity contribution in [2.45, 2.75) is 84.2 Å². The minimum absolute atomic E-state index is 0.327. The van der Waals surface area contributed by atoms with Gasteiger partial charge in [0, 0.05) is 0 Å². The Bertz CT molecular complexity index is 358. The first kappa shape index (κ1) is 19.0. The molecule has 0 radical (unpaired) electrons. The molecule has 0 aromatic heterocycles. The minimum atomic E-state index is 0.327. The minimum Gasteiger partial charge on any atom is -0.508 e. The maximum Gasteiger partial charge on any atom is 0.115 e. The molecule has 0 saturated heterocycles. The topological polar surface area (TPSA) is 29.5 Å². The molecule has 0 spiro atoms. The first-order chi connectivity index (χ1) is 10.7. The molecule has 2 heteroatoms. The maximum absolute atomic E-state index is 9.24. The Hall–Kier alpha value is -1.02. The van der Waals surface area contributed by atoms with Gasteiger partial charge in [-0.15, -0.1) is 0 Å². The smallest absolute Gasteiger partial charge is 0.115 e. The molecule has 2 nitrogen and oxygen atoms in total. The number of hydrogen-bond donors (Lipinski definition) is 1. The second-order valence-corrected chi connectivity index (χ2v) is 6.36. The molecule has 1 rings (SSSR count). The van der Waals surface area contributed by atoms with Gasteiger partial charge in [0.2, 0.25) is 0 Å². The molecule has 22 heavy (non-hydrogen) atoms. The van der Waals surface area contributed by atoms with Crippen LogP contribution in [0, 0.1) is 0 Å². The Balaban J connectivity index is 1.93. The van der Waals surface area contributed by atoms with Crippen LogP contribution < -0.4 is 0 Å². The van der Waals surface area contributed by atoms with Crippen LogP contribution in [0.15, 0.2) is 24.3 Å². The Morgan fingerprint density at radius 1 is 0.909 bits per heavy atom. The number of benzene rings is 1. The fourth-order valence-corrected chi connectivity index (χ4v) is 2.69. The summed E-state index contributed by atoms with van der Waals surface area (Å²) in [5.74, 6) is 0.327. The highest BCUT2D eigenvalue weighted by Gasteiger charge is 2.02. The lowest BCUT2D eigenvalue weighted by molar-refractivity contribution is 0.0606. The Labute approximate surface area is 136 Å². The molecule has 0 fully saturated rings. The third-order valence-electron chi connectivity index (χ3n) is 4.19. The van der Waals surface area contributed by atoms with Crippen LogP contribution in [0.4, 0.5) is 0 Å². The first-order valence-electron chi connectivity index (χ1n) is 9.12. The average molecular weight is 306 g/mol. The van der Waals surface area contributed by atoms with Crippen molar-refractivity contribution in [3.63, 3.8) is 0 Å². The van der Waals surface area contributed by atoms with Crippen molar-refractivity contribution in [2.75, 3.05) is 6.61 Å². The predicted molar refractivity (Wildman–Crippen MR) is 94.5 cm³/mol. The van der Waals surface area contributed by atoms with E-state index in [9.17, 15) is 5.11 Å². The summed E-state index contributed by atoms with van der Waals surface area (Å²) in [5.41, 5.74) is 1.22. The van der Waals surface area contributed by atoms with Crippen LogP contribution in [0.3, 0.4) is 0 Å². The van der Waals surface area contributed by atoms with Crippen molar-refractivity contribution in [1.29, 1.82) is 0 Å². The van der Waals surface area contributed by atoms with Crippen molar-refractivity contribution in [1.82, 2.24) is 0 Å². The standard InChI is InChI=1S/C20H34O2/c1-3-4-5-6-7-8-9-10-11-18(2)22-17-16-19-12-14-20(21)15-13-19/h12-15,18,21H,3-11,16-17H2,1-2H3. The third kappa shape index (κ3) is 9.83. The fourth-order valence-electron chi connectivity index (χ4n) is 2.69. The highest BCUT2D eigenvalue weighted by molar-refractivity contribution is 5.25. The second kappa shape index (κ2) is 12.5. The van der Waals surface area contributed by atoms with Gasteiger partial charge in [0.05, 0.1) is 12.7 Å². The molecule has 0 aliphatic carbocycles. The van der Waals surface area contributed by atoms with Crippen molar-refractivity contribution in [3.8, 4) is 5.75 Å². The van der Waals surface area contributed by atoms with Crippen LogP contribution in [0.1, 0.15) is 77.2 Å². The zero-order chi connectivity index (χ0) is 16.0. The number of ether oxygens (including phenoxy) is 1. The highest BCUT2D eigenvalue weighted by Crippen LogP contribution is 2.13. The number of aromatic hydroxyl groups is 1. The third-order valence-corrected chi connectivity index (χ3v) is 4.19. The van der Waals surface area contributed by atoms with E-state index < -0.39 is 0 Å². The lowest BCUT2D eigenvalue weighted by Crippen LogP contribution is -2.10. The van der Waals surface area contributed by atoms with Crippen LogP contribution in [0.2, 0.25) is 0 Å². The van der Waals surface area contributed by atoms with E-state index in [1.807, 2.05) is 12.1 Å². The summed E-state index contributed by atoms with van der Waals surface area (Å²) < 4.78 is 5.87. The lowest BCUT2D eigenvalue weighted by atomic mass is 10.1. The van der Waals surface area contributed by atoms with Gasteiger partial charge in [-0.25, -0.2) is 0 Å². The molecule has 126 valence electrons. The van der Waals surface area contributed by atoms with Gasteiger partial charge in [0.15, 0.2) is 0 Å². The van der Waals surface area contributed by atoms with Crippen molar-refractivity contribution in [3.05, 3.63) is 29.8 Å². The van der Waals surface area contributed by atoms with Gasteiger partial charge in [-0.05, 0) is 37.5 Å². The maximum atomic E-state index is 9.24. The number of phenols is 1. The van der Waals surface area contributed by atoms with E-state index in [-0.39, 0.29) is 0 Å². The molecule has 1 aromatic rings. The van der Waals surface area contributed by atoms with Gasteiger partial charge in [-0.2, -0.15) is 0 Å². The summed E-state index contributed by atoms with van der Waals surface area (Å²) in [6.45, 7) is 5.21. The van der Waals surface area contributed by atoms with Crippen LogP contribution in [0.5, 0.6) is 5.75 Å². The number of rotatable bonds is 13. The van der Waals surface area contributed by atoms with Gasteiger partial charge in [0.1, 0.15) is 5.75 Å². The monoisotopic (exact) mass is 306 g/mol. The largest absolute Gasteiger partial charge is 0.508 e. The SMILES string of the molecule is CCCCCCCCCCC(C)OCCc1ccc(O)cc1. The summed E-state index contributed by atoms with van der Waals surface area (Å²) >= 11 is 0. The first-order valence-corrected chi connectivity index (χ1v) is 9.12. The van der Waals surface area contributed by atoms with Gasteiger partial charge < -0.3 is 9.84 Å². The molecule has 1 aromatic carbocycles. The molecule has 0 amide bonds. The van der Waals surface area contributed by atoms with E-state index >= 15 is 0 Å². The number of phenolic OH excluding ortho intramolecular Hbond substituents is 1. The lowest BCUT2D eigenvalue weighted by Gasteiger charge is -2.13. The van der Waals surface area contributed by atoms with Crippen LogP contribution in [-0.2, 0) is 11.2 Å². The van der Waals surface area contributed by atoms with Crippen LogP contribution in [0.25, 0.3) is 0 Å². The summed E-state index contributed by atoms with van der Waals surface area (Å²) in [4.78, 5) is 0. The molecule has 0 aliphatic heterocycles. The van der Waals surface area contributed by atoms with Crippen LogP contribution in [-0.4, -0.2) is 17.8 Å². The zero-order valence-electron chi connectivity index (χ0n) is 14.5. The van der Waals surface area contributed by atoms with Gasteiger partial charge in [-0.3, -0.25) is 0 Å². The van der Waals surface area contributed by atoms with Gasteiger partial charge in [0.25, 0.3) is 0 Å². The Kier molecular flexibility index (Phi) is 10.8. The molecular formula is C20H34O2. The molecular weight excluding hydrogens is 272 g/mol. The van der Waals surface area contributed by atoms with E-state index in [2.05, 4.69) is 13.8 Å². The summed E-state index contributed by atoms with van der Waals surface area (Å²) in [6, 6.07) is 7.39. The van der Waals surface area contributed by atoms with Crippen LogP contribution >= 0.6 is 0 Å². The molecule has 0 heterocycles. The number of hydrogen-bond acceptors (Lipinski definition) is 2. The van der Waals surface area contributed by atoms with E-state index in [4.69, 9.17) is 4.74 Å². The second-order valence-electron chi connectivity index (χ2n) is 6.36. The molecule has 0 aliphatic rings. The van der Waals surface area contributed by atoms with E-state index in [1.165, 1.54) is 63.4 Å². The van der Waals surface area contributed by atoms with E-state index in [0.717, 1.165) is 13.0 Å². The van der Waals surface area contributed by atoms with Gasteiger partial charge in [-0.1, -0.05) is 70.4 Å². The molecule has 1 N–H and O–H groups in total. The molecule has 1 unspecified atom stereocenters. The Morgan fingerprint density at radius 3 is 2.14 bits per heavy atom. The summed E-state index contributed by atoms with van der Waals surface area (Å²) in [5, 5.41) is 9.24. The fraction of sp³-hybridized carbons (Fsp3) is 0.700. The molecule has 0 saturated carbocycles. The molecule has 1 atom stereocenters. The zero-order valence-corrected chi connectivity index (χ0v) is 14.5. The average Bonchev–Trinajstić information content (AvgIpc) is 2.52. The van der Waals surface area contributed by atoms with Crippen molar-refractivity contribution >= 4 is 0 Å². The predicted octanol–water partition coefficient (Wildman–Crippen LogP) is 5.87. The Morgan fingerprint density at radius 2 is 1.50 bits per heavy atom. The van der Waals surface area contributed by atoms with Crippen molar-refractivity contribution < 1.29 is 9.84 Å². The summed E-state index contributed by atoms with van der Waals surface area (Å²) in [7, 11) is 0. The molecule has 0 bridgehead atoms. The normalized spacial score (nSPS) is 12.5. The summed E-state index contributed by atoms with van der Waals surface area (Å²) in [6.07, 6.45) is 13.4. The highest BCUT2D eigenvalue weighted by atomic mass is 16.5. The van der Waals surface area contributed by atoms with E-state index in [0.29, 0.717) is 11.9 Å². The quantitative estimate of drug-likeness (QED) is 0.462.